The number of rotatable bonds is 4. The molecule has 98 valence electrons. The molecule has 1 N–H and O–H groups in total. The first-order valence-corrected chi connectivity index (χ1v) is 5.79. The third-order valence-corrected chi connectivity index (χ3v) is 2.90. The van der Waals surface area contributed by atoms with E-state index in [9.17, 15) is 13.6 Å². The summed E-state index contributed by atoms with van der Waals surface area (Å²) in [5.74, 6) is -2.29. The molecule has 0 aliphatic rings. The summed E-state index contributed by atoms with van der Waals surface area (Å²) < 4.78 is 26.1. The third-order valence-electron chi connectivity index (χ3n) is 2.90. The first kappa shape index (κ1) is 13.2. The summed E-state index contributed by atoms with van der Waals surface area (Å²) in [6.07, 6.45) is -0.172. The van der Waals surface area contributed by atoms with Crippen LogP contribution in [0.5, 0.6) is 0 Å². The van der Waals surface area contributed by atoms with Crippen LogP contribution < -0.4 is 0 Å². The van der Waals surface area contributed by atoms with Crippen molar-refractivity contribution in [2.45, 2.75) is 12.3 Å². The molecular weight excluding hydrogens is 250 g/mol. The van der Waals surface area contributed by atoms with Crippen molar-refractivity contribution in [2.75, 3.05) is 0 Å². The second-order valence-electron chi connectivity index (χ2n) is 4.26. The van der Waals surface area contributed by atoms with Crippen LogP contribution in [0, 0.1) is 11.6 Å². The summed E-state index contributed by atoms with van der Waals surface area (Å²) in [4.78, 5) is 10.9. The van der Waals surface area contributed by atoms with E-state index in [-0.39, 0.29) is 6.42 Å². The lowest BCUT2D eigenvalue weighted by molar-refractivity contribution is -0.137. The fourth-order valence-corrected chi connectivity index (χ4v) is 2.02. The number of aliphatic carboxylic acids is 1. The molecule has 2 aromatic carbocycles. The zero-order valence-corrected chi connectivity index (χ0v) is 10.0. The highest BCUT2D eigenvalue weighted by Crippen LogP contribution is 2.28. The number of halogens is 2. The Morgan fingerprint density at radius 3 is 2.26 bits per heavy atom. The van der Waals surface area contributed by atoms with Crippen molar-refractivity contribution in [1.82, 2.24) is 0 Å². The highest BCUT2D eigenvalue weighted by atomic mass is 19.1. The Morgan fingerprint density at radius 1 is 1.00 bits per heavy atom. The van der Waals surface area contributed by atoms with Crippen molar-refractivity contribution in [3.8, 4) is 0 Å². The van der Waals surface area contributed by atoms with Crippen molar-refractivity contribution in [3.63, 3.8) is 0 Å². The first-order chi connectivity index (χ1) is 9.06. The van der Waals surface area contributed by atoms with Crippen LogP contribution in [-0.4, -0.2) is 11.1 Å². The largest absolute Gasteiger partial charge is 0.481 e. The summed E-state index contributed by atoms with van der Waals surface area (Å²) in [6.45, 7) is 0. The van der Waals surface area contributed by atoms with Gasteiger partial charge in [0.2, 0.25) is 0 Å². The maximum absolute atomic E-state index is 13.2. The molecule has 0 saturated carbocycles. The number of benzene rings is 2. The predicted molar refractivity (Wildman–Crippen MR) is 66.9 cm³/mol. The van der Waals surface area contributed by atoms with E-state index in [1.807, 2.05) is 0 Å². The van der Waals surface area contributed by atoms with Crippen LogP contribution >= 0.6 is 0 Å². The van der Waals surface area contributed by atoms with Gasteiger partial charge >= 0.3 is 5.97 Å². The molecule has 1 atom stereocenters. The molecule has 0 bridgehead atoms. The second-order valence-corrected chi connectivity index (χ2v) is 4.26. The van der Waals surface area contributed by atoms with Crippen LogP contribution in [0.4, 0.5) is 8.78 Å². The van der Waals surface area contributed by atoms with Crippen LogP contribution in [0.25, 0.3) is 0 Å². The minimum absolute atomic E-state index is 0.172. The van der Waals surface area contributed by atoms with Gasteiger partial charge in [-0.15, -0.1) is 0 Å². The number of carboxylic acids is 1. The maximum atomic E-state index is 13.2. The van der Waals surface area contributed by atoms with Crippen LogP contribution in [-0.2, 0) is 4.79 Å². The van der Waals surface area contributed by atoms with Gasteiger partial charge in [-0.3, -0.25) is 4.79 Å². The molecule has 2 rings (SSSR count). The zero-order valence-electron chi connectivity index (χ0n) is 10.0. The molecule has 0 amide bonds. The van der Waals surface area contributed by atoms with Gasteiger partial charge in [-0.2, -0.15) is 0 Å². The molecule has 0 fully saturated rings. The number of carboxylic acid groups (broad SMARTS) is 1. The SMILES string of the molecule is O=C(O)C[C@H](c1ccc(F)cc1)c1cccc(F)c1. The van der Waals surface area contributed by atoms with E-state index in [1.165, 1.54) is 42.5 Å². The Labute approximate surface area is 109 Å². The molecule has 0 aliphatic heterocycles. The van der Waals surface area contributed by atoms with E-state index < -0.39 is 23.5 Å². The summed E-state index contributed by atoms with van der Waals surface area (Å²) >= 11 is 0. The quantitative estimate of drug-likeness (QED) is 0.914. The Hall–Kier alpha value is -2.23. The molecule has 0 heterocycles. The fourth-order valence-electron chi connectivity index (χ4n) is 2.02. The van der Waals surface area contributed by atoms with Gasteiger partial charge in [-0.1, -0.05) is 24.3 Å². The lowest BCUT2D eigenvalue weighted by Gasteiger charge is -2.16. The Morgan fingerprint density at radius 2 is 1.68 bits per heavy atom. The Balaban J connectivity index is 2.40. The monoisotopic (exact) mass is 262 g/mol. The molecular formula is C15H12F2O2. The Kier molecular flexibility index (Phi) is 3.90. The molecule has 0 spiro atoms. The second kappa shape index (κ2) is 5.61. The van der Waals surface area contributed by atoms with E-state index in [1.54, 1.807) is 6.07 Å². The topological polar surface area (TPSA) is 37.3 Å². The minimum Gasteiger partial charge on any atom is -0.481 e. The van der Waals surface area contributed by atoms with Crippen molar-refractivity contribution < 1.29 is 18.7 Å². The third kappa shape index (κ3) is 3.37. The molecule has 2 nitrogen and oxygen atoms in total. The van der Waals surface area contributed by atoms with E-state index >= 15 is 0 Å². The van der Waals surface area contributed by atoms with E-state index in [0.717, 1.165) is 0 Å². The van der Waals surface area contributed by atoms with E-state index in [0.29, 0.717) is 11.1 Å². The standard InChI is InChI=1S/C15H12F2O2/c16-12-6-4-10(5-7-12)14(9-15(18)19)11-2-1-3-13(17)8-11/h1-8,14H,9H2,(H,18,19)/t14-/m1/s1. The van der Waals surface area contributed by atoms with Gasteiger partial charge in [0.05, 0.1) is 6.42 Å². The molecule has 19 heavy (non-hydrogen) atoms. The summed E-state index contributed by atoms with van der Waals surface area (Å²) in [7, 11) is 0. The lowest BCUT2D eigenvalue weighted by atomic mass is 9.88. The number of hydrogen-bond donors (Lipinski definition) is 1. The highest BCUT2D eigenvalue weighted by molar-refractivity contribution is 5.69. The van der Waals surface area contributed by atoms with Gasteiger partial charge in [-0.05, 0) is 35.4 Å². The maximum Gasteiger partial charge on any atom is 0.304 e. The average Bonchev–Trinajstić information content (AvgIpc) is 2.37. The number of hydrogen-bond acceptors (Lipinski definition) is 1. The van der Waals surface area contributed by atoms with E-state index in [2.05, 4.69) is 0 Å². The van der Waals surface area contributed by atoms with Crippen molar-refractivity contribution in [3.05, 3.63) is 71.3 Å². The van der Waals surface area contributed by atoms with Gasteiger partial charge in [0, 0.05) is 5.92 Å². The normalized spacial score (nSPS) is 12.1. The molecule has 0 radical (unpaired) electrons. The molecule has 0 aliphatic carbocycles. The molecule has 0 saturated heterocycles. The molecule has 2 aromatic rings. The molecule has 0 unspecified atom stereocenters. The van der Waals surface area contributed by atoms with Crippen LogP contribution in [0.2, 0.25) is 0 Å². The minimum atomic E-state index is -0.987. The first-order valence-electron chi connectivity index (χ1n) is 5.79. The summed E-state index contributed by atoms with van der Waals surface area (Å²) in [6, 6.07) is 11.4. The molecule has 4 heteroatoms. The predicted octanol–water partition coefficient (Wildman–Crippen LogP) is 3.57. The van der Waals surface area contributed by atoms with Gasteiger partial charge < -0.3 is 5.11 Å². The Bertz CT molecular complexity index is 579. The zero-order chi connectivity index (χ0) is 13.8. The van der Waals surface area contributed by atoms with E-state index in [4.69, 9.17) is 5.11 Å². The van der Waals surface area contributed by atoms with Crippen molar-refractivity contribution in [1.29, 1.82) is 0 Å². The van der Waals surface area contributed by atoms with Gasteiger partial charge in [-0.25, -0.2) is 8.78 Å². The van der Waals surface area contributed by atoms with Crippen molar-refractivity contribution in [2.24, 2.45) is 0 Å². The molecule has 0 aromatic heterocycles. The fraction of sp³-hybridized carbons (Fsp3) is 0.133. The van der Waals surface area contributed by atoms with Crippen LogP contribution in [0.3, 0.4) is 0 Å². The summed E-state index contributed by atoms with van der Waals surface area (Å²) in [5.41, 5.74) is 1.21. The smallest absolute Gasteiger partial charge is 0.304 e. The van der Waals surface area contributed by atoms with Crippen LogP contribution in [0.1, 0.15) is 23.5 Å². The summed E-state index contributed by atoms with van der Waals surface area (Å²) in [5, 5.41) is 8.96. The highest BCUT2D eigenvalue weighted by Gasteiger charge is 2.18. The lowest BCUT2D eigenvalue weighted by Crippen LogP contribution is -2.08. The number of carbonyl (C=O) groups is 1. The van der Waals surface area contributed by atoms with Gasteiger partial charge in [0.1, 0.15) is 11.6 Å². The van der Waals surface area contributed by atoms with Crippen LogP contribution in [0.15, 0.2) is 48.5 Å². The van der Waals surface area contributed by atoms with Gasteiger partial charge in [0.15, 0.2) is 0 Å². The van der Waals surface area contributed by atoms with Gasteiger partial charge in [0.25, 0.3) is 0 Å². The van der Waals surface area contributed by atoms with Crippen molar-refractivity contribution >= 4 is 5.97 Å². The average molecular weight is 262 g/mol.